The van der Waals surface area contributed by atoms with Crippen LogP contribution < -0.4 is 15.4 Å². The molecule has 0 bridgehead atoms. The summed E-state index contributed by atoms with van der Waals surface area (Å²) in [5, 5.41) is 7.78. The summed E-state index contributed by atoms with van der Waals surface area (Å²) in [6.45, 7) is 10.6. The van der Waals surface area contributed by atoms with Crippen LogP contribution in [0, 0.1) is 13.8 Å². The normalized spacial score (nSPS) is 11.7. The van der Waals surface area contributed by atoms with E-state index in [-0.39, 0.29) is 0 Å². The molecule has 5 nitrogen and oxygen atoms in total. The molecule has 0 aliphatic rings. The van der Waals surface area contributed by atoms with Crippen molar-refractivity contribution in [3.63, 3.8) is 0 Å². The number of aromatic nitrogens is 1. The highest BCUT2D eigenvalue weighted by molar-refractivity contribution is 7.11. The van der Waals surface area contributed by atoms with Gasteiger partial charge in [0, 0.05) is 24.9 Å². The fourth-order valence-electron chi connectivity index (χ4n) is 2.57. The predicted octanol–water partition coefficient (Wildman–Crippen LogP) is 3.67. The third-order valence-corrected chi connectivity index (χ3v) is 5.25. The minimum Gasteiger partial charge on any atom is -0.491 e. The van der Waals surface area contributed by atoms with E-state index in [0.717, 1.165) is 35.4 Å². The highest BCUT2D eigenvalue weighted by atomic mass is 32.1. The van der Waals surface area contributed by atoms with Gasteiger partial charge in [0.05, 0.1) is 17.2 Å². The molecule has 0 radical (unpaired) electrons. The van der Waals surface area contributed by atoms with Crippen LogP contribution in [0.25, 0.3) is 0 Å². The van der Waals surface area contributed by atoms with E-state index in [9.17, 15) is 0 Å². The van der Waals surface area contributed by atoms with Crippen LogP contribution in [0.5, 0.6) is 5.75 Å². The van der Waals surface area contributed by atoms with Crippen LogP contribution in [0.3, 0.4) is 0 Å². The number of ether oxygens (including phenoxy) is 1. The molecule has 0 amide bonds. The van der Waals surface area contributed by atoms with Gasteiger partial charge in [0.1, 0.15) is 12.4 Å². The molecule has 0 unspecified atom stereocenters. The molecule has 2 rings (SSSR count). The van der Waals surface area contributed by atoms with Gasteiger partial charge in [-0.3, -0.25) is 4.99 Å². The molecule has 1 aromatic carbocycles. The maximum absolute atomic E-state index is 5.93. The topological polar surface area (TPSA) is 58.5 Å². The summed E-state index contributed by atoms with van der Waals surface area (Å²) in [4.78, 5) is 10.1. The number of hydrogen-bond acceptors (Lipinski definition) is 4. The summed E-state index contributed by atoms with van der Waals surface area (Å²) in [5.74, 6) is 2.20. The lowest BCUT2D eigenvalue weighted by atomic mass is 10.0. The molecule has 0 saturated carbocycles. The van der Waals surface area contributed by atoms with E-state index in [2.05, 4.69) is 60.4 Å². The standard InChI is InChI=1S/C20H30N4OS/c1-14(2)17-8-6-7-9-18(17)25-13-12-23-20(21-5)22-11-10-19-24-15(3)16(4)26-19/h6-9,14H,10-13H2,1-5H3,(H2,21,22,23). The van der Waals surface area contributed by atoms with Crippen molar-refractivity contribution in [3.8, 4) is 5.75 Å². The summed E-state index contributed by atoms with van der Waals surface area (Å²) >= 11 is 1.76. The Labute approximate surface area is 160 Å². The maximum atomic E-state index is 5.93. The van der Waals surface area contributed by atoms with Crippen molar-refractivity contribution in [1.29, 1.82) is 0 Å². The average Bonchev–Trinajstić information content (AvgIpc) is 2.95. The Morgan fingerprint density at radius 3 is 2.58 bits per heavy atom. The predicted molar refractivity (Wildman–Crippen MR) is 111 cm³/mol. The van der Waals surface area contributed by atoms with Crippen molar-refractivity contribution in [2.24, 2.45) is 4.99 Å². The molecule has 6 heteroatoms. The Balaban J connectivity index is 1.70. The van der Waals surface area contributed by atoms with Crippen LogP contribution in [0.2, 0.25) is 0 Å². The molecule has 0 saturated heterocycles. The third kappa shape index (κ3) is 6.02. The Kier molecular flexibility index (Phi) is 7.91. The molecule has 26 heavy (non-hydrogen) atoms. The van der Waals surface area contributed by atoms with Gasteiger partial charge in [-0.15, -0.1) is 11.3 Å². The third-order valence-electron chi connectivity index (χ3n) is 4.12. The molecule has 2 N–H and O–H groups in total. The summed E-state index contributed by atoms with van der Waals surface area (Å²) in [6.07, 6.45) is 0.901. The van der Waals surface area contributed by atoms with Crippen LogP contribution >= 0.6 is 11.3 Å². The molecule has 0 spiro atoms. The van der Waals surface area contributed by atoms with Crippen LogP contribution in [-0.4, -0.2) is 37.7 Å². The van der Waals surface area contributed by atoms with Crippen molar-refractivity contribution in [3.05, 3.63) is 45.4 Å². The summed E-state index contributed by atoms with van der Waals surface area (Å²) in [5.41, 5.74) is 2.37. The van der Waals surface area contributed by atoms with Gasteiger partial charge < -0.3 is 15.4 Å². The monoisotopic (exact) mass is 374 g/mol. The van der Waals surface area contributed by atoms with E-state index >= 15 is 0 Å². The van der Waals surface area contributed by atoms with Gasteiger partial charge in [0.15, 0.2) is 5.96 Å². The lowest BCUT2D eigenvalue weighted by molar-refractivity contribution is 0.317. The molecule has 1 aromatic heterocycles. The van der Waals surface area contributed by atoms with Gasteiger partial charge >= 0.3 is 0 Å². The summed E-state index contributed by atoms with van der Waals surface area (Å²) in [6, 6.07) is 8.21. The van der Waals surface area contributed by atoms with Gasteiger partial charge in [-0.2, -0.15) is 0 Å². The zero-order valence-electron chi connectivity index (χ0n) is 16.4. The van der Waals surface area contributed by atoms with E-state index in [1.807, 2.05) is 12.1 Å². The molecule has 0 aliphatic carbocycles. The van der Waals surface area contributed by atoms with Gasteiger partial charge in [0.25, 0.3) is 0 Å². The second kappa shape index (κ2) is 10.2. The highest BCUT2D eigenvalue weighted by Crippen LogP contribution is 2.25. The first-order valence-corrected chi connectivity index (χ1v) is 9.92. The Morgan fingerprint density at radius 1 is 1.19 bits per heavy atom. The Bertz CT molecular complexity index is 705. The lowest BCUT2D eigenvalue weighted by Crippen LogP contribution is -2.40. The van der Waals surface area contributed by atoms with E-state index in [1.54, 1.807) is 18.4 Å². The van der Waals surface area contributed by atoms with Crippen LogP contribution in [0.4, 0.5) is 0 Å². The average molecular weight is 375 g/mol. The molecular weight excluding hydrogens is 344 g/mol. The number of nitrogens with one attached hydrogen (secondary N) is 2. The van der Waals surface area contributed by atoms with E-state index < -0.39 is 0 Å². The fourth-order valence-corrected chi connectivity index (χ4v) is 3.51. The zero-order valence-corrected chi connectivity index (χ0v) is 17.2. The fraction of sp³-hybridized carbons (Fsp3) is 0.500. The number of hydrogen-bond donors (Lipinski definition) is 2. The number of para-hydroxylation sites is 1. The molecule has 0 aliphatic heterocycles. The van der Waals surface area contributed by atoms with Crippen LogP contribution in [0.1, 0.15) is 40.9 Å². The van der Waals surface area contributed by atoms with E-state index in [0.29, 0.717) is 19.1 Å². The molecule has 142 valence electrons. The van der Waals surface area contributed by atoms with Gasteiger partial charge in [-0.05, 0) is 31.4 Å². The number of nitrogens with zero attached hydrogens (tertiary/aromatic N) is 2. The SMILES string of the molecule is CN=C(NCCOc1ccccc1C(C)C)NCCc1nc(C)c(C)s1. The highest BCUT2D eigenvalue weighted by Gasteiger charge is 2.07. The maximum Gasteiger partial charge on any atom is 0.191 e. The first-order chi connectivity index (χ1) is 12.5. The quantitative estimate of drug-likeness (QED) is 0.420. The molecule has 0 atom stereocenters. The van der Waals surface area contributed by atoms with Crippen molar-refractivity contribution < 1.29 is 4.74 Å². The zero-order chi connectivity index (χ0) is 18.9. The molecule has 2 aromatic rings. The second-order valence-electron chi connectivity index (χ2n) is 6.47. The van der Waals surface area contributed by atoms with E-state index in [1.165, 1.54) is 10.4 Å². The minimum atomic E-state index is 0.451. The molecule has 0 fully saturated rings. The molecule has 1 heterocycles. The van der Waals surface area contributed by atoms with Gasteiger partial charge in [0.2, 0.25) is 0 Å². The number of guanidine groups is 1. The summed E-state index contributed by atoms with van der Waals surface area (Å²) < 4.78 is 5.93. The van der Waals surface area contributed by atoms with Gasteiger partial charge in [-0.1, -0.05) is 32.0 Å². The van der Waals surface area contributed by atoms with Gasteiger partial charge in [-0.25, -0.2) is 4.98 Å². The number of benzene rings is 1. The van der Waals surface area contributed by atoms with Crippen molar-refractivity contribution >= 4 is 17.3 Å². The molecular formula is C20H30N4OS. The Hall–Kier alpha value is -2.08. The van der Waals surface area contributed by atoms with E-state index in [4.69, 9.17) is 4.74 Å². The van der Waals surface area contributed by atoms with Crippen molar-refractivity contribution in [1.82, 2.24) is 15.6 Å². The number of thiazole rings is 1. The largest absolute Gasteiger partial charge is 0.491 e. The van der Waals surface area contributed by atoms with Crippen LogP contribution in [-0.2, 0) is 6.42 Å². The second-order valence-corrected chi connectivity index (χ2v) is 7.75. The number of aryl methyl sites for hydroxylation is 2. The Morgan fingerprint density at radius 2 is 1.92 bits per heavy atom. The van der Waals surface area contributed by atoms with Crippen LogP contribution in [0.15, 0.2) is 29.3 Å². The number of aliphatic imine (C=N–C) groups is 1. The lowest BCUT2D eigenvalue weighted by Gasteiger charge is -2.15. The first-order valence-electron chi connectivity index (χ1n) is 9.10. The summed E-state index contributed by atoms with van der Waals surface area (Å²) in [7, 11) is 1.78. The minimum absolute atomic E-state index is 0.451. The first kappa shape index (κ1) is 20.2. The smallest absolute Gasteiger partial charge is 0.191 e. The van der Waals surface area contributed by atoms with Crippen molar-refractivity contribution in [2.45, 2.75) is 40.0 Å². The van der Waals surface area contributed by atoms with Crippen molar-refractivity contribution in [2.75, 3.05) is 26.7 Å². The number of rotatable bonds is 8.